The predicted octanol–water partition coefficient (Wildman–Crippen LogP) is -0.0879. The summed E-state index contributed by atoms with van der Waals surface area (Å²) in [5.74, 6) is 0.640. The van der Waals surface area contributed by atoms with Crippen molar-refractivity contribution in [2.24, 2.45) is 5.73 Å². The van der Waals surface area contributed by atoms with Crippen LogP contribution >= 0.6 is 11.8 Å². The molecule has 3 N–H and O–H groups in total. The fraction of sp³-hybridized carbons (Fsp3) is 1.00. The van der Waals surface area contributed by atoms with E-state index >= 15 is 0 Å². The first-order chi connectivity index (χ1) is 4.48. The Hall–Kier alpha value is 0.220. The number of hydrogen-bond acceptors (Lipinski definition) is 4. The van der Waals surface area contributed by atoms with Gasteiger partial charge in [0, 0.05) is 0 Å². The van der Waals surface area contributed by atoms with E-state index in [2.05, 4.69) is 0 Å². The fourth-order valence-electron chi connectivity index (χ4n) is 0.383. The van der Waals surface area contributed by atoms with Gasteiger partial charge >= 0.3 is 0 Å². The first-order valence-electron chi connectivity index (χ1n) is 2.69. The van der Waals surface area contributed by atoms with Gasteiger partial charge < -0.3 is 5.73 Å². The van der Waals surface area contributed by atoms with Crippen LogP contribution in [-0.2, 0) is 10.1 Å². The van der Waals surface area contributed by atoms with E-state index < -0.39 is 15.5 Å². The molecule has 0 amide bonds. The lowest BCUT2D eigenvalue weighted by Gasteiger charge is -2.05. The van der Waals surface area contributed by atoms with E-state index in [9.17, 15) is 8.42 Å². The van der Waals surface area contributed by atoms with Crippen LogP contribution in [0, 0.1) is 0 Å². The molecule has 0 aromatic carbocycles. The average molecular weight is 185 g/mol. The van der Waals surface area contributed by atoms with Crippen LogP contribution in [0.4, 0.5) is 0 Å². The molecule has 0 heterocycles. The molecule has 10 heavy (non-hydrogen) atoms. The van der Waals surface area contributed by atoms with Crippen molar-refractivity contribution in [3.8, 4) is 0 Å². The minimum Gasteiger partial charge on any atom is -0.313 e. The quantitative estimate of drug-likeness (QED) is 0.598. The van der Waals surface area contributed by atoms with Crippen molar-refractivity contribution < 1.29 is 13.0 Å². The highest BCUT2D eigenvalue weighted by atomic mass is 32.2. The van der Waals surface area contributed by atoms with Gasteiger partial charge in [0.15, 0.2) is 0 Å². The van der Waals surface area contributed by atoms with Gasteiger partial charge in [-0.1, -0.05) is 0 Å². The molecule has 6 heteroatoms. The molecule has 0 aromatic rings. The maximum absolute atomic E-state index is 10.3. The molecule has 0 aliphatic heterocycles. The topological polar surface area (TPSA) is 80.4 Å². The highest BCUT2D eigenvalue weighted by molar-refractivity contribution is 7.98. The molecule has 0 aliphatic rings. The van der Waals surface area contributed by atoms with Crippen molar-refractivity contribution in [1.29, 1.82) is 0 Å². The third kappa shape index (κ3) is 4.10. The van der Waals surface area contributed by atoms with Crippen molar-refractivity contribution in [3.63, 3.8) is 0 Å². The number of thioether (sulfide) groups is 1. The van der Waals surface area contributed by atoms with E-state index in [0.29, 0.717) is 12.2 Å². The van der Waals surface area contributed by atoms with Gasteiger partial charge in [-0.2, -0.15) is 20.2 Å². The summed E-state index contributed by atoms with van der Waals surface area (Å²) < 4.78 is 28.9. The molecule has 0 saturated heterocycles. The molecule has 0 spiro atoms. The molecule has 62 valence electrons. The van der Waals surface area contributed by atoms with Crippen LogP contribution in [0.5, 0.6) is 0 Å². The second-order valence-electron chi connectivity index (χ2n) is 1.83. The van der Waals surface area contributed by atoms with Crippen LogP contribution < -0.4 is 5.73 Å². The zero-order valence-corrected chi connectivity index (χ0v) is 7.28. The van der Waals surface area contributed by atoms with E-state index in [1.165, 1.54) is 11.8 Å². The first-order valence-corrected chi connectivity index (χ1v) is 5.59. The van der Waals surface area contributed by atoms with Gasteiger partial charge in [0.05, 0.1) is 0 Å². The van der Waals surface area contributed by atoms with Crippen LogP contribution in [0.2, 0.25) is 0 Å². The minimum atomic E-state index is -4.01. The summed E-state index contributed by atoms with van der Waals surface area (Å²) in [7, 11) is -4.01. The van der Waals surface area contributed by atoms with Gasteiger partial charge in [0.1, 0.15) is 5.37 Å². The SMILES string of the molecule is CSCCC(N)S(=O)(=O)O. The Kier molecular flexibility index (Phi) is 4.26. The predicted molar refractivity (Wildman–Crippen MR) is 42.5 cm³/mol. The highest BCUT2D eigenvalue weighted by Crippen LogP contribution is 2.02. The Morgan fingerprint density at radius 3 is 2.50 bits per heavy atom. The van der Waals surface area contributed by atoms with Crippen LogP contribution in [0.1, 0.15) is 6.42 Å². The van der Waals surface area contributed by atoms with Gasteiger partial charge in [0.25, 0.3) is 10.1 Å². The van der Waals surface area contributed by atoms with Gasteiger partial charge in [-0.3, -0.25) is 4.55 Å². The largest absolute Gasteiger partial charge is 0.313 e. The maximum Gasteiger partial charge on any atom is 0.280 e. The second-order valence-corrected chi connectivity index (χ2v) is 4.46. The average Bonchev–Trinajstić information content (AvgIpc) is 1.80. The monoisotopic (exact) mass is 185 g/mol. The fourth-order valence-corrected chi connectivity index (χ4v) is 1.44. The molecule has 0 aliphatic carbocycles. The third-order valence-corrected chi connectivity index (χ3v) is 2.63. The number of rotatable bonds is 4. The third-order valence-electron chi connectivity index (χ3n) is 0.989. The number of hydrogen-bond donors (Lipinski definition) is 2. The smallest absolute Gasteiger partial charge is 0.280 e. The normalized spacial score (nSPS) is 15.1. The Balaban J connectivity index is 3.75. The summed E-state index contributed by atoms with van der Waals surface area (Å²) >= 11 is 1.49. The van der Waals surface area contributed by atoms with E-state index in [-0.39, 0.29) is 0 Å². The Morgan fingerprint density at radius 1 is 1.70 bits per heavy atom. The maximum atomic E-state index is 10.3. The molecular weight excluding hydrogens is 174 g/mol. The lowest BCUT2D eigenvalue weighted by Crippen LogP contribution is -2.30. The lowest BCUT2D eigenvalue weighted by molar-refractivity contribution is 0.466. The van der Waals surface area contributed by atoms with Crippen LogP contribution in [0.3, 0.4) is 0 Å². The Morgan fingerprint density at radius 2 is 2.20 bits per heavy atom. The minimum absolute atomic E-state index is 0.292. The molecule has 4 nitrogen and oxygen atoms in total. The molecular formula is C4H11NO3S2. The van der Waals surface area contributed by atoms with E-state index in [1.807, 2.05) is 6.26 Å². The molecule has 0 fully saturated rings. The molecule has 1 atom stereocenters. The summed E-state index contributed by atoms with van der Waals surface area (Å²) in [6, 6.07) is 0. The van der Waals surface area contributed by atoms with Crippen molar-refractivity contribution in [2.75, 3.05) is 12.0 Å². The molecule has 0 saturated carbocycles. The van der Waals surface area contributed by atoms with Crippen LogP contribution in [0.15, 0.2) is 0 Å². The molecule has 0 radical (unpaired) electrons. The van der Waals surface area contributed by atoms with Gasteiger partial charge in [-0.25, -0.2) is 0 Å². The summed E-state index contributed by atoms with van der Waals surface area (Å²) in [6.07, 6.45) is 2.14. The summed E-state index contributed by atoms with van der Waals surface area (Å²) in [6.45, 7) is 0. The van der Waals surface area contributed by atoms with Crippen molar-refractivity contribution in [1.82, 2.24) is 0 Å². The molecule has 0 bridgehead atoms. The standard InChI is InChI=1S/C4H11NO3S2/c1-9-3-2-4(5)10(6,7)8/h4H,2-3,5H2,1H3,(H,6,7,8). The van der Waals surface area contributed by atoms with Gasteiger partial charge in [-0.05, 0) is 18.4 Å². The molecule has 1 unspecified atom stereocenters. The lowest BCUT2D eigenvalue weighted by atomic mass is 10.5. The van der Waals surface area contributed by atoms with Gasteiger partial charge in [0.2, 0.25) is 0 Å². The summed E-state index contributed by atoms with van der Waals surface area (Å²) in [4.78, 5) is 0. The second kappa shape index (κ2) is 4.17. The summed E-state index contributed by atoms with van der Waals surface area (Å²) in [5.41, 5.74) is 5.09. The zero-order valence-electron chi connectivity index (χ0n) is 5.65. The molecule has 0 aromatic heterocycles. The first kappa shape index (κ1) is 10.2. The number of nitrogens with two attached hydrogens (primary N) is 1. The van der Waals surface area contributed by atoms with Crippen molar-refractivity contribution >= 4 is 21.9 Å². The van der Waals surface area contributed by atoms with Crippen molar-refractivity contribution in [2.45, 2.75) is 11.8 Å². The zero-order chi connectivity index (χ0) is 8.20. The van der Waals surface area contributed by atoms with Crippen LogP contribution in [0.25, 0.3) is 0 Å². The summed E-state index contributed by atoms with van der Waals surface area (Å²) in [5, 5.41) is -1.13. The van der Waals surface area contributed by atoms with E-state index in [4.69, 9.17) is 10.3 Å². The molecule has 0 rings (SSSR count). The Labute approximate surface area is 64.9 Å². The highest BCUT2D eigenvalue weighted by Gasteiger charge is 2.16. The van der Waals surface area contributed by atoms with E-state index in [1.54, 1.807) is 0 Å². The van der Waals surface area contributed by atoms with Crippen LogP contribution in [-0.4, -0.2) is 30.4 Å². The van der Waals surface area contributed by atoms with Crippen molar-refractivity contribution in [3.05, 3.63) is 0 Å². The Bertz CT molecular complexity index is 177. The van der Waals surface area contributed by atoms with Gasteiger partial charge in [-0.15, -0.1) is 0 Å². The van der Waals surface area contributed by atoms with E-state index in [0.717, 1.165) is 0 Å².